The number of hydrogen-bond donors (Lipinski definition) is 0. The van der Waals surface area contributed by atoms with Crippen molar-refractivity contribution in [1.29, 1.82) is 5.26 Å². The highest BCUT2D eigenvalue weighted by Gasteiger charge is 2.19. The smallest absolute Gasteiger partial charge is 0.233 e. The fourth-order valence-corrected chi connectivity index (χ4v) is 1.41. The largest absolute Gasteiger partial charge is 0.314 e. The summed E-state index contributed by atoms with van der Waals surface area (Å²) in [6, 6.07) is 9.18. The van der Waals surface area contributed by atoms with Gasteiger partial charge in [-0.1, -0.05) is 19.1 Å². The highest BCUT2D eigenvalue weighted by molar-refractivity contribution is 6.02. The Kier molecular flexibility index (Phi) is 4.07. The maximum Gasteiger partial charge on any atom is 0.233 e. The standard InChI is InChI=1S/C13H15N2O/c1-4-10(2)13(16)15(3)12-8-6-5-7-11(12)9-14/h5-8H,4H2,1-3H3. The van der Waals surface area contributed by atoms with Gasteiger partial charge >= 0.3 is 0 Å². The molecular formula is C13H15N2O. The third-order valence-electron chi connectivity index (χ3n) is 2.59. The molecule has 0 fully saturated rings. The molecule has 3 heteroatoms. The summed E-state index contributed by atoms with van der Waals surface area (Å²) in [5.74, 6) is 0.750. The van der Waals surface area contributed by atoms with Gasteiger partial charge in [0.25, 0.3) is 0 Å². The van der Waals surface area contributed by atoms with Crippen LogP contribution in [-0.2, 0) is 4.79 Å². The van der Waals surface area contributed by atoms with Crippen molar-refractivity contribution in [3.8, 4) is 6.07 Å². The first-order valence-corrected chi connectivity index (χ1v) is 5.21. The molecule has 3 nitrogen and oxygen atoms in total. The Balaban J connectivity index is 3.01. The van der Waals surface area contributed by atoms with Crippen LogP contribution in [0.1, 0.15) is 25.8 Å². The van der Waals surface area contributed by atoms with Crippen LogP contribution in [0.2, 0.25) is 0 Å². The molecule has 0 saturated heterocycles. The van der Waals surface area contributed by atoms with Gasteiger partial charge in [-0.3, -0.25) is 4.79 Å². The van der Waals surface area contributed by atoms with Crippen molar-refractivity contribution < 1.29 is 4.79 Å². The van der Waals surface area contributed by atoms with Crippen molar-refractivity contribution in [3.63, 3.8) is 0 Å². The van der Waals surface area contributed by atoms with Crippen molar-refractivity contribution in [3.05, 3.63) is 35.7 Å². The van der Waals surface area contributed by atoms with E-state index in [9.17, 15) is 4.79 Å². The number of anilines is 1. The Labute approximate surface area is 96.3 Å². The van der Waals surface area contributed by atoms with Crippen LogP contribution in [0.15, 0.2) is 24.3 Å². The zero-order valence-corrected chi connectivity index (χ0v) is 9.82. The number of carbonyl (C=O) groups excluding carboxylic acids is 1. The molecule has 0 aromatic heterocycles. The third kappa shape index (κ3) is 2.40. The van der Waals surface area contributed by atoms with Crippen molar-refractivity contribution in [2.75, 3.05) is 11.9 Å². The molecule has 0 aliphatic carbocycles. The topological polar surface area (TPSA) is 44.1 Å². The zero-order chi connectivity index (χ0) is 12.1. The minimum Gasteiger partial charge on any atom is -0.314 e. The maximum atomic E-state index is 11.9. The molecular weight excluding hydrogens is 200 g/mol. The number of hydrogen-bond acceptors (Lipinski definition) is 2. The van der Waals surface area contributed by atoms with E-state index in [1.807, 2.05) is 19.9 Å². The molecule has 0 unspecified atom stereocenters. The molecule has 1 amide bonds. The summed E-state index contributed by atoms with van der Waals surface area (Å²) in [7, 11) is 1.69. The van der Waals surface area contributed by atoms with Gasteiger partial charge in [-0.25, -0.2) is 0 Å². The average molecular weight is 215 g/mol. The molecule has 0 atom stereocenters. The average Bonchev–Trinajstić information content (AvgIpc) is 2.35. The van der Waals surface area contributed by atoms with Crippen LogP contribution in [0.4, 0.5) is 5.69 Å². The van der Waals surface area contributed by atoms with Crippen LogP contribution in [0.3, 0.4) is 0 Å². The minimum atomic E-state index is -0.0369. The van der Waals surface area contributed by atoms with Gasteiger partial charge in [0, 0.05) is 7.05 Å². The maximum absolute atomic E-state index is 11.9. The fourth-order valence-electron chi connectivity index (χ4n) is 1.41. The van der Waals surface area contributed by atoms with Crippen molar-refractivity contribution in [1.82, 2.24) is 0 Å². The number of benzene rings is 1. The number of carbonyl (C=O) groups is 1. The van der Waals surface area contributed by atoms with Crippen LogP contribution >= 0.6 is 0 Å². The molecule has 0 N–H and O–H groups in total. The summed E-state index contributed by atoms with van der Waals surface area (Å²) in [6.45, 7) is 3.76. The van der Waals surface area contributed by atoms with E-state index in [2.05, 4.69) is 6.07 Å². The molecule has 83 valence electrons. The summed E-state index contributed by atoms with van der Waals surface area (Å²) >= 11 is 0. The molecule has 0 aliphatic rings. The molecule has 0 spiro atoms. The fraction of sp³-hybridized carbons (Fsp3) is 0.308. The van der Waals surface area contributed by atoms with Crippen LogP contribution in [0.5, 0.6) is 0 Å². The first kappa shape index (κ1) is 12.3. The van der Waals surface area contributed by atoms with E-state index < -0.39 is 0 Å². The van der Waals surface area contributed by atoms with Crippen molar-refractivity contribution >= 4 is 11.6 Å². The predicted octanol–water partition coefficient (Wildman–Crippen LogP) is 2.53. The molecule has 1 radical (unpaired) electrons. The lowest BCUT2D eigenvalue weighted by Gasteiger charge is -2.21. The summed E-state index contributed by atoms with van der Waals surface area (Å²) in [5.41, 5.74) is 1.17. The van der Waals surface area contributed by atoms with Gasteiger partial charge in [0.15, 0.2) is 0 Å². The van der Waals surface area contributed by atoms with E-state index in [-0.39, 0.29) is 5.91 Å². The first-order valence-electron chi connectivity index (χ1n) is 5.21. The van der Waals surface area contributed by atoms with E-state index in [1.165, 1.54) is 4.90 Å². The molecule has 1 aromatic carbocycles. The number of para-hydroxylation sites is 1. The summed E-state index contributed by atoms with van der Waals surface area (Å²) in [4.78, 5) is 13.4. The van der Waals surface area contributed by atoms with E-state index in [4.69, 9.17) is 5.26 Å². The second-order valence-corrected chi connectivity index (χ2v) is 3.63. The lowest BCUT2D eigenvalue weighted by Crippen LogP contribution is -2.30. The number of rotatable bonds is 3. The molecule has 0 saturated carbocycles. The molecule has 0 bridgehead atoms. The Morgan fingerprint density at radius 2 is 2.06 bits per heavy atom. The first-order chi connectivity index (χ1) is 7.61. The third-order valence-corrected chi connectivity index (χ3v) is 2.59. The van der Waals surface area contributed by atoms with Gasteiger partial charge in [0.2, 0.25) is 5.91 Å². The lowest BCUT2D eigenvalue weighted by molar-refractivity contribution is -0.116. The van der Waals surface area contributed by atoms with E-state index in [0.717, 1.165) is 12.3 Å². The Hall–Kier alpha value is -1.82. The number of nitrogens with zero attached hydrogens (tertiary/aromatic N) is 2. The van der Waals surface area contributed by atoms with Gasteiger partial charge in [-0.15, -0.1) is 0 Å². The highest BCUT2D eigenvalue weighted by Crippen LogP contribution is 2.21. The van der Waals surface area contributed by atoms with Gasteiger partial charge in [-0.2, -0.15) is 5.26 Å². The van der Waals surface area contributed by atoms with Crippen molar-refractivity contribution in [2.24, 2.45) is 0 Å². The summed E-state index contributed by atoms with van der Waals surface area (Å²) in [5, 5.41) is 8.95. The van der Waals surface area contributed by atoms with Crippen LogP contribution in [-0.4, -0.2) is 13.0 Å². The molecule has 16 heavy (non-hydrogen) atoms. The lowest BCUT2D eigenvalue weighted by atomic mass is 10.1. The zero-order valence-electron chi connectivity index (χ0n) is 9.82. The van der Waals surface area contributed by atoms with Crippen LogP contribution < -0.4 is 4.90 Å². The van der Waals surface area contributed by atoms with E-state index in [0.29, 0.717) is 11.3 Å². The SMILES string of the molecule is CC[C](C)C(=O)N(C)c1ccccc1C#N. The van der Waals surface area contributed by atoms with Gasteiger partial charge in [0.1, 0.15) is 6.07 Å². The van der Waals surface area contributed by atoms with E-state index >= 15 is 0 Å². The Morgan fingerprint density at radius 3 is 2.62 bits per heavy atom. The van der Waals surface area contributed by atoms with Crippen LogP contribution in [0.25, 0.3) is 0 Å². The van der Waals surface area contributed by atoms with Gasteiger partial charge in [0.05, 0.1) is 17.2 Å². The minimum absolute atomic E-state index is 0.0369. The molecule has 0 aliphatic heterocycles. The Bertz CT molecular complexity index is 420. The highest BCUT2D eigenvalue weighted by atomic mass is 16.2. The molecule has 1 aromatic rings. The Morgan fingerprint density at radius 1 is 1.44 bits per heavy atom. The second-order valence-electron chi connectivity index (χ2n) is 3.63. The normalized spacial score (nSPS) is 9.94. The quantitative estimate of drug-likeness (QED) is 0.777. The molecule has 0 heterocycles. The number of nitriles is 1. The van der Waals surface area contributed by atoms with Gasteiger partial charge in [-0.05, 0) is 25.5 Å². The van der Waals surface area contributed by atoms with Crippen molar-refractivity contribution in [2.45, 2.75) is 20.3 Å². The van der Waals surface area contributed by atoms with Gasteiger partial charge < -0.3 is 4.90 Å². The van der Waals surface area contributed by atoms with E-state index in [1.54, 1.807) is 25.2 Å². The van der Waals surface area contributed by atoms with Crippen LogP contribution in [0, 0.1) is 17.2 Å². The molecule has 1 rings (SSSR count). The predicted molar refractivity (Wildman–Crippen MR) is 63.8 cm³/mol. The monoisotopic (exact) mass is 215 g/mol. The summed E-state index contributed by atoms with van der Waals surface area (Å²) in [6.07, 6.45) is 0.720. The second kappa shape index (κ2) is 5.32. The summed E-state index contributed by atoms with van der Waals surface area (Å²) < 4.78 is 0. The number of amides is 1.